The standard InChI is InChI=1S/C17H17N3O2/c1-11-6-4-5-7-14(11)10-20-16(21)9-8-15(18-20)17-12(2)19-22-13(17)3/h4-9H,10H2,1-3H3. The van der Waals surface area contributed by atoms with E-state index in [1.807, 2.05) is 45.0 Å². The predicted molar refractivity (Wildman–Crippen MR) is 83.7 cm³/mol. The minimum absolute atomic E-state index is 0.126. The molecule has 0 N–H and O–H groups in total. The van der Waals surface area contributed by atoms with Crippen molar-refractivity contribution in [2.75, 3.05) is 0 Å². The van der Waals surface area contributed by atoms with Crippen molar-refractivity contribution in [2.45, 2.75) is 27.3 Å². The van der Waals surface area contributed by atoms with E-state index < -0.39 is 0 Å². The second-order valence-corrected chi connectivity index (χ2v) is 5.34. The van der Waals surface area contributed by atoms with Crippen LogP contribution in [0, 0.1) is 20.8 Å². The van der Waals surface area contributed by atoms with Crippen molar-refractivity contribution in [3.63, 3.8) is 0 Å². The molecule has 2 aromatic heterocycles. The molecule has 22 heavy (non-hydrogen) atoms. The highest BCUT2D eigenvalue weighted by Crippen LogP contribution is 2.24. The van der Waals surface area contributed by atoms with Gasteiger partial charge >= 0.3 is 0 Å². The number of hydrogen-bond acceptors (Lipinski definition) is 4. The van der Waals surface area contributed by atoms with Crippen LogP contribution in [0.4, 0.5) is 0 Å². The molecule has 0 radical (unpaired) electrons. The van der Waals surface area contributed by atoms with Gasteiger partial charge in [-0.15, -0.1) is 0 Å². The molecule has 0 unspecified atom stereocenters. The Morgan fingerprint density at radius 2 is 1.86 bits per heavy atom. The maximum absolute atomic E-state index is 12.1. The van der Waals surface area contributed by atoms with Crippen LogP contribution in [0.2, 0.25) is 0 Å². The predicted octanol–water partition coefficient (Wildman–Crippen LogP) is 2.87. The highest BCUT2D eigenvalue weighted by molar-refractivity contribution is 5.62. The lowest BCUT2D eigenvalue weighted by atomic mass is 10.1. The zero-order valence-corrected chi connectivity index (χ0v) is 12.8. The van der Waals surface area contributed by atoms with E-state index >= 15 is 0 Å². The third kappa shape index (κ3) is 2.57. The molecule has 0 aliphatic heterocycles. The zero-order valence-electron chi connectivity index (χ0n) is 12.8. The van der Waals surface area contributed by atoms with Crippen LogP contribution in [0.5, 0.6) is 0 Å². The molecule has 0 spiro atoms. The number of aryl methyl sites for hydroxylation is 3. The van der Waals surface area contributed by atoms with Crippen LogP contribution in [0.15, 0.2) is 45.7 Å². The Labute approximate surface area is 128 Å². The van der Waals surface area contributed by atoms with Crippen molar-refractivity contribution < 1.29 is 4.52 Å². The first-order valence-corrected chi connectivity index (χ1v) is 7.12. The molecular formula is C17H17N3O2. The maximum Gasteiger partial charge on any atom is 0.267 e. The first-order chi connectivity index (χ1) is 10.6. The van der Waals surface area contributed by atoms with E-state index in [1.54, 1.807) is 6.07 Å². The van der Waals surface area contributed by atoms with Gasteiger partial charge in [0.15, 0.2) is 0 Å². The normalized spacial score (nSPS) is 10.9. The van der Waals surface area contributed by atoms with Gasteiger partial charge in [-0.05, 0) is 38.0 Å². The van der Waals surface area contributed by atoms with E-state index in [9.17, 15) is 4.79 Å². The van der Waals surface area contributed by atoms with Gasteiger partial charge in [0.1, 0.15) is 5.76 Å². The second kappa shape index (κ2) is 5.60. The summed E-state index contributed by atoms with van der Waals surface area (Å²) < 4.78 is 6.66. The molecule has 1 aromatic carbocycles. The van der Waals surface area contributed by atoms with Gasteiger partial charge in [-0.1, -0.05) is 29.4 Å². The summed E-state index contributed by atoms with van der Waals surface area (Å²) >= 11 is 0. The van der Waals surface area contributed by atoms with E-state index in [0.29, 0.717) is 18.0 Å². The average Bonchev–Trinajstić information content (AvgIpc) is 2.83. The summed E-state index contributed by atoms with van der Waals surface area (Å²) in [5, 5.41) is 8.42. The minimum Gasteiger partial charge on any atom is -0.361 e. The summed E-state index contributed by atoms with van der Waals surface area (Å²) in [6.07, 6.45) is 0. The minimum atomic E-state index is -0.126. The molecule has 0 aliphatic rings. The van der Waals surface area contributed by atoms with Gasteiger partial charge in [0.05, 0.1) is 23.5 Å². The van der Waals surface area contributed by atoms with Gasteiger partial charge in [0.2, 0.25) is 0 Å². The Morgan fingerprint density at radius 1 is 1.09 bits per heavy atom. The molecule has 0 amide bonds. The van der Waals surface area contributed by atoms with Gasteiger partial charge < -0.3 is 4.52 Å². The van der Waals surface area contributed by atoms with E-state index in [2.05, 4.69) is 10.3 Å². The van der Waals surface area contributed by atoms with Crippen LogP contribution < -0.4 is 5.56 Å². The molecule has 0 saturated carbocycles. The molecule has 3 rings (SSSR count). The molecule has 5 nitrogen and oxygen atoms in total. The van der Waals surface area contributed by atoms with Crippen molar-refractivity contribution in [2.24, 2.45) is 0 Å². The highest BCUT2D eigenvalue weighted by Gasteiger charge is 2.14. The Bertz CT molecular complexity index is 858. The van der Waals surface area contributed by atoms with Crippen molar-refractivity contribution in [3.05, 3.63) is 69.3 Å². The first-order valence-electron chi connectivity index (χ1n) is 7.12. The summed E-state index contributed by atoms with van der Waals surface area (Å²) in [4.78, 5) is 12.1. The largest absolute Gasteiger partial charge is 0.361 e. The zero-order chi connectivity index (χ0) is 15.7. The van der Waals surface area contributed by atoms with Crippen LogP contribution in [-0.4, -0.2) is 14.9 Å². The Balaban J connectivity index is 2.05. The van der Waals surface area contributed by atoms with Crippen LogP contribution in [-0.2, 0) is 6.54 Å². The molecule has 0 saturated heterocycles. The number of rotatable bonds is 3. The summed E-state index contributed by atoms with van der Waals surface area (Å²) in [6, 6.07) is 11.2. The first kappa shape index (κ1) is 14.3. The van der Waals surface area contributed by atoms with Gasteiger partial charge in [0, 0.05) is 6.07 Å². The monoisotopic (exact) mass is 295 g/mol. The Morgan fingerprint density at radius 3 is 2.55 bits per heavy atom. The lowest BCUT2D eigenvalue weighted by molar-refractivity contribution is 0.393. The summed E-state index contributed by atoms with van der Waals surface area (Å²) in [5.41, 5.74) is 4.40. The number of benzene rings is 1. The third-order valence-electron chi connectivity index (χ3n) is 3.74. The Hall–Kier alpha value is -2.69. The SMILES string of the molecule is Cc1ccccc1Cn1nc(-c2c(C)noc2C)ccc1=O. The summed E-state index contributed by atoms with van der Waals surface area (Å²) in [7, 11) is 0. The third-order valence-corrected chi connectivity index (χ3v) is 3.74. The molecule has 0 aliphatic carbocycles. The van der Waals surface area contributed by atoms with Crippen LogP contribution in [0.1, 0.15) is 22.6 Å². The molecule has 0 fully saturated rings. The highest BCUT2D eigenvalue weighted by atomic mass is 16.5. The van der Waals surface area contributed by atoms with E-state index in [-0.39, 0.29) is 5.56 Å². The number of hydrogen-bond donors (Lipinski definition) is 0. The van der Waals surface area contributed by atoms with Crippen molar-refractivity contribution >= 4 is 0 Å². The quantitative estimate of drug-likeness (QED) is 0.745. The average molecular weight is 295 g/mol. The maximum atomic E-state index is 12.1. The van der Waals surface area contributed by atoms with Crippen molar-refractivity contribution in [1.29, 1.82) is 0 Å². The molecular weight excluding hydrogens is 278 g/mol. The topological polar surface area (TPSA) is 60.9 Å². The lowest BCUT2D eigenvalue weighted by Crippen LogP contribution is -2.23. The van der Waals surface area contributed by atoms with Crippen molar-refractivity contribution in [1.82, 2.24) is 14.9 Å². The van der Waals surface area contributed by atoms with E-state index in [4.69, 9.17) is 4.52 Å². The van der Waals surface area contributed by atoms with Gasteiger partial charge in [-0.3, -0.25) is 4.79 Å². The smallest absolute Gasteiger partial charge is 0.267 e. The van der Waals surface area contributed by atoms with Gasteiger partial charge in [-0.25, -0.2) is 4.68 Å². The molecule has 112 valence electrons. The van der Waals surface area contributed by atoms with E-state index in [1.165, 1.54) is 10.7 Å². The van der Waals surface area contributed by atoms with Crippen LogP contribution in [0.3, 0.4) is 0 Å². The van der Waals surface area contributed by atoms with Gasteiger partial charge in [-0.2, -0.15) is 5.10 Å². The number of nitrogens with zero attached hydrogens (tertiary/aromatic N) is 3. The molecule has 3 aromatic rings. The second-order valence-electron chi connectivity index (χ2n) is 5.34. The Kier molecular flexibility index (Phi) is 3.63. The summed E-state index contributed by atoms with van der Waals surface area (Å²) in [6.45, 7) is 6.18. The fraction of sp³-hybridized carbons (Fsp3) is 0.235. The fourth-order valence-corrected chi connectivity index (χ4v) is 2.49. The molecule has 2 heterocycles. The van der Waals surface area contributed by atoms with Crippen LogP contribution >= 0.6 is 0 Å². The molecule has 0 bridgehead atoms. The molecule has 0 atom stereocenters. The lowest BCUT2D eigenvalue weighted by Gasteiger charge is -2.09. The molecule has 5 heteroatoms. The van der Waals surface area contributed by atoms with E-state index in [0.717, 1.165) is 22.4 Å². The van der Waals surface area contributed by atoms with Gasteiger partial charge in [0.25, 0.3) is 5.56 Å². The summed E-state index contributed by atoms with van der Waals surface area (Å²) in [5.74, 6) is 0.700. The van der Waals surface area contributed by atoms with Crippen LogP contribution in [0.25, 0.3) is 11.3 Å². The number of aromatic nitrogens is 3. The fourth-order valence-electron chi connectivity index (χ4n) is 2.49. The van der Waals surface area contributed by atoms with Crippen molar-refractivity contribution in [3.8, 4) is 11.3 Å².